The van der Waals surface area contributed by atoms with E-state index in [2.05, 4.69) is 10.1 Å². The first kappa shape index (κ1) is 16.3. The minimum absolute atomic E-state index is 0.0302. The van der Waals surface area contributed by atoms with Crippen molar-refractivity contribution in [2.45, 2.75) is 56.4 Å². The van der Waals surface area contributed by atoms with Gasteiger partial charge in [-0.15, -0.1) is 0 Å². The summed E-state index contributed by atoms with van der Waals surface area (Å²) in [6.07, 6.45) is 6.76. The lowest BCUT2D eigenvalue weighted by Gasteiger charge is -2.30. The van der Waals surface area contributed by atoms with Gasteiger partial charge in [0.1, 0.15) is 0 Å². The van der Waals surface area contributed by atoms with Crippen molar-refractivity contribution in [3.63, 3.8) is 0 Å². The fourth-order valence-electron chi connectivity index (χ4n) is 3.05. The topological polar surface area (TPSA) is 84.2 Å². The Kier molecular flexibility index (Phi) is 5.61. The molecule has 1 aromatic rings. The number of sulfonamides is 1. The van der Waals surface area contributed by atoms with Gasteiger partial charge in [0.15, 0.2) is 0 Å². The third-order valence-corrected chi connectivity index (χ3v) is 5.80. The van der Waals surface area contributed by atoms with Gasteiger partial charge in [0, 0.05) is 11.7 Å². The first-order valence-electron chi connectivity index (χ1n) is 7.66. The highest BCUT2D eigenvalue weighted by Crippen LogP contribution is 2.28. The van der Waals surface area contributed by atoms with Crippen molar-refractivity contribution in [2.24, 2.45) is 11.8 Å². The molecule has 0 radical (unpaired) electrons. The second-order valence-electron chi connectivity index (χ2n) is 5.70. The summed E-state index contributed by atoms with van der Waals surface area (Å²) in [6, 6.07) is 6.50. The number of rotatable bonds is 6. The van der Waals surface area contributed by atoms with Crippen LogP contribution in [-0.2, 0) is 10.0 Å². The number of hydrogen-bond donors (Lipinski definition) is 3. The molecule has 1 unspecified atom stereocenters. The van der Waals surface area contributed by atoms with E-state index in [0.717, 1.165) is 19.3 Å². The Morgan fingerprint density at radius 3 is 2.33 bits per heavy atom. The van der Waals surface area contributed by atoms with Gasteiger partial charge in [-0.25, -0.2) is 13.1 Å². The first-order chi connectivity index (χ1) is 10.1. The largest absolute Gasteiger partial charge is 0.324 e. The van der Waals surface area contributed by atoms with E-state index in [-0.39, 0.29) is 10.9 Å². The monoisotopic (exact) mass is 311 g/mol. The number of nitrogens with one attached hydrogen (secondary N) is 2. The van der Waals surface area contributed by atoms with Crippen molar-refractivity contribution in [3.8, 4) is 0 Å². The quantitative estimate of drug-likeness (QED) is 0.557. The van der Waals surface area contributed by atoms with E-state index in [1.807, 2.05) is 6.92 Å². The lowest BCUT2D eigenvalue weighted by Crippen LogP contribution is -2.40. The molecule has 118 valence electrons. The van der Waals surface area contributed by atoms with E-state index in [1.54, 1.807) is 24.3 Å². The highest BCUT2D eigenvalue weighted by atomic mass is 32.2. The molecule has 0 spiro atoms. The summed E-state index contributed by atoms with van der Waals surface area (Å²) in [5.41, 5.74) is 3.18. The van der Waals surface area contributed by atoms with E-state index in [1.165, 1.54) is 19.3 Å². The normalized spacial score (nSPS) is 18.4. The minimum Gasteiger partial charge on any atom is -0.324 e. The van der Waals surface area contributed by atoms with Crippen molar-refractivity contribution in [1.82, 2.24) is 4.72 Å². The summed E-state index contributed by atoms with van der Waals surface area (Å²) in [5, 5.41) is 0. The average Bonchev–Trinajstić information content (AvgIpc) is 2.53. The molecule has 0 aliphatic heterocycles. The summed E-state index contributed by atoms with van der Waals surface area (Å²) in [7, 11) is -3.46. The Morgan fingerprint density at radius 1 is 1.19 bits per heavy atom. The molecule has 21 heavy (non-hydrogen) atoms. The van der Waals surface area contributed by atoms with Crippen LogP contribution < -0.4 is 16.0 Å². The number of benzene rings is 1. The Labute approximate surface area is 127 Å². The van der Waals surface area contributed by atoms with Crippen LogP contribution in [0.4, 0.5) is 5.69 Å². The maximum absolute atomic E-state index is 12.5. The van der Waals surface area contributed by atoms with Crippen molar-refractivity contribution < 1.29 is 8.42 Å². The molecule has 4 N–H and O–H groups in total. The number of nitrogen functional groups attached to an aromatic ring is 1. The smallest absolute Gasteiger partial charge is 0.240 e. The lowest BCUT2D eigenvalue weighted by atomic mass is 9.83. The molecular formula is C15H25N3O2S. The highest BCUT2D eigenvalue weighted by Gasteiger charge is 2.27. The van der Waals surface area contributed by atoms with E-state index in [0.29, 0.717) is 11.6 Å². The van der Waals surface area contributed by atoms with Crippen LogP contribution in [0.15, 0.2) is 29.2 Å². The van der Waals surface area contributed by atoms with Crippen molar-refractivity contribution in [3.05, 3.63) is 24.3 Å². The average molecular weight is 311 g/mol. The Bertz CT molecular complexity index is 537. The van der Waals surface area contributed by atoms with Crippen LogP contribution in [0.1, 0.15) is 45.4 Å². The van der Waals surface area contributed by atoms with Crippen LogP contribution in [0.2, 0.25) is 0 Å². The van der Waals surface area contributed by atoms with Gasteiger partial charge < -0.3 is 5.43 Å². The molecule has 5 nitrogen and oxygen atoms in total. The molecule has 1 saturated carbocycles. The molecule has 1 aromatic carbocycles. The van der Waals surface area contributed by atoms with Gasteiger partial charge in [-0.05, 0) is 49.4 Å². The number of hydrazine groups is 1. The van der Waals surface area contributed by atoms with E-state index >= 15 is 0 Å². The van der Waals surface area contributed by atoms with Gasteiger partial charge in [0.25, 0.3) is 0 Å². The second kappa shape index (κ2) is 7.24. The van der Waals surface area contributed by atoms with Crippen LogP contribution in [0.3, 0.4) is 0 Å². The van der Waals surface area contributed by atoms with Crippen molar-refractivity contribution in [2.75, 3.05) is 5.43 Å². The van der Waals surface area contributed by atoms with Crippen LogP contribution in [0.5, 0.6) is 0 Å². The zero-order valence-corrected chi connectivity index (χ0v) is 13.3. The molecule has 0 aromatic heterocycles. The zero-order chi connectivity index (χ0) is 15.3. The Hall–Kier alpha value is -1.11. The van der Waals surface area contributed by atoms with Crippen molar-refractivity contribution in [1.29, 1.82) is 0 Å². The van der Waals surface area contributed by atoms with E-state index < -0.39 is 10.0 Å². The molecule has 0 amide bonds. The highest BCUT2D eigenvalue weighted by molar-refractivity contribution is 7.89. The predicted octanol–water partition coefficient (Wildman–Crippen LogP) is 2.61. The summed E-state index contributed by atoms with van der Waals surface area (Å²) < 4.78 is 27.8. The van der Waals surface area contributed by atoms with Gasteiger partial charge in [-0.1, -0.05) is 26.2 Å². The first-order valence-corrected chi connectivity index (χ1v) is 9.14. The van der Waals surface area contributed by atoms with Gasteiger partial charge in [-0.2, -0.15) is 0 Å². The molecule has 1 aliphatic carbocycles. The zero-order valence-electron chi connectivity index (χ0n) is 12.5. The van der Waals surface area contributed by atoms with Crippen LogP contribution in [0, 0.1) is 5.92 Å². The molecule has 1 aliphatic rings. The standard InChI is InChI=1S/C15H25N3O2S/c1-2-15(12-6-4-3-5-7-12)18-21(19,20)14-10-8-13(17-16)9-11-14/h8-12,15,17-18H,2-7,16H2,1H3. The second-order valence-corrected chi connectivity index (χ2v) is 7.42. The fraction of sp³-hybridized carbons (Fsp3) is 0.600. The SMILES string of the molecule is CCC(NS(=O)(=O)c1ccc(NN)cc1)C1CCCCC1. The molecule has 6 heteroatoms. The molecule has 1 fully saturated rings. The molecule has 1 atom stereocenters. The number of anilines is 1. The van der Waals surface area contributed by atoms with Gasteiger partial charge in [-0.3, -0.25) is 5.84 Å². The summed E-state index contributed by atoms with van der Waals surface area (Å²) in [6.45, 7) is 2.04. The summed E-state index contributed by atoms with van der Waals surface area (Å²) >= 11 is 0. The maximum atomic E-state index is 12.5. The molecule has 0 heterocycles. The molecule has 0 bridgehead atoms. The third-order valence-electron chi connectivity index (χ3n) is 4.30. The Morgan fingerprint density at radius 2 is 1.81 bits per heavy atom. The van der Waals surface area contributed by atoms with Gasteiger partial charge in [0.05, 0.1) is 4.90 Å². The summed E-state index contributed by atoms with van der Waals surface area (Å²) in [4.78, 5) is 0.288. The molecule has 0 saturated heterocycles. The summed E-state index contributed by atoms with van der Waals surface area (Å²) in [5.74, 6) is 5.76. The van der Waals surface area contributed by atoms with Crippen LogP contribution in [-0.4, -0.2) is 14.5 Å². The van der Waals surface area contributed by atoms with Crippen LogP contribution >= 0.6 is 0 Å². The fourth-order valence-corrected chi connectivity index (χ4v) is 4.44. The van der Waals surface area contributed by atoms with Crippen molar-refractivity contribution >= 4 is 15.7 Å². The third kappa shape index (κ3) is 4.18. The lowest BCUT2D eigenvalue weighted by molar-refractivity contribution is 0.285. The predicted molar refractivity (Wildman–Crippen MR) is 85.2 cm³/mol. The van der Waals surface area contributed by atoms with E-state index in [4.69, 9.17) is 5.84 Å². The Balaban J connectivity index is 2.10. The van der Waals surface area contributed by atoms with Gasteiger partial charge >= 0.3 is 0 Å². The van der Waals surface area contributed by atoms with Gasteiger partial charge in [0.2, 0.25) is 10.0 Å². The maximum Gasteiger partial charge on any atom is 0.240 e. The number of nitrogens with two attached hydrogens (primary N) is 1. The number of hydrogen-bond acceptors (Lipinski definition) is 4. The molecular weight excluding hydrogens is 286 g/mol. The van der Waals surface area contributed by atoms with E-state index in [9.17, 15) is 8.42 Å². The minimum atomic E-state index is -3.46. The molecule has 2 rings (SSSR count). The van der Waals surface area contributed by atoms with Crippen LogP contribution in [0.25, 0.3) is 0 Å².